The number of aromatic nitrogens is 2. The van der Waals surface area contributed by atoms with E-state index in [1.807, 2.05) is 0 Å². The lowest BCUT2D eigenvalue weighted by Crippen LogP contribution is -2.41. The highest BCUT2D eigenvalue weighted by Crippen LogP contribution is 2.07. The van der Waals surface area contributed by atoms with Crippen molar-refractivity contribution in [1.29, 1.82) is 0 Å². The van der Waals surface area contributed by atoms with E-state index in [0.717, 1.165) is 6.54 Å². The quantitative estimate of drug-likeness (QED) is 0.648. The van der Waals surface area contributed by atoms with Gasteiger partial charge in [0.2, 0.25) is 6.33 Å². The van der Waals surface area contributed by atoms with Crippen LogP contribution in [0.25, 0.3) is 0 Å². The Morgan fingerprint density at radius 3 is 2.64 bits per heavy atom. The molecule has 0 aliphatic carbocycles. The maximum atomic E-state index is 2.57. The Bertz CT molecular complexity index is 274. The van der Waals surface area contributed by atoms with Gasteiger partial charge in [-0.05, 0) is 25.9 Å². The average Bonchev–Trinajstić information content (AvgIpc) is 2.63. The minimum absolute atomic E-state index is 1.13. The van der Waals surface area contributed by atoms with Crippen LogP contribution in [-0.4, -0.2) is 29.1 Å². The molecule has 0 atom stereocenters. The molecule has 78 valence electrons. The van der Waals surface area contributed by atoms with E-state index in [1.165, 1.54) is 38.9 Å². The summed E-state index contributed by atoms with van der Waals surface area (Å²) in [6.07, 6.45) is 10.6. The molecule has 2 heterocycles. The van der Waals surface area contributed by atoms with Crippen molar-refractivity contribution >= 4 is 0 Å². The standard InChI is InChI=1S/C11H20N3/c1-12-7-8-14(11-12)10-9-13-5-3-2-4-6-13/h7-8,11H,2-6,9-10H2,1H3/q+1. The van der Waals surface area contributed by atoms with E-state index in [1.54, 1.807) is 0 Å². The SMILES string of the molecule is Cn1cc[n+](CCN2CCCCC2)c1. The van der Waals surface area contributed by atoms with Crippen molar-refractivity contribution in [1.82, 2.24) is 9.47 Å². The van der Waals surface area contributed by atoms with Crippen LogP contribution in [-0.2, 0) is 13.6 Å². The Labute approximate surface area is 86.0 Å². The number of aryl methyl sites for hydroxylation is 1. The van der Waals surface area contributed by atoms with E-state index in [0.29, 0.717) is 0 Å². The summed E-state index contributed by atoms with van der Waals surface area (Å²) in [6.45, 7) is 4.93. The molecule has 0 unspecified atom stereocenters. The fraction of sp³-hybridized carbons (Fsp3) is 0.727. The van der Waals surface area contributed by atoms with Gasteiger partial charge in [0.25, 0.3) is 0 Å². The lowest BCUT2D eigenvalue weighted by Gasteiger charge is -2.25. The molecule has 3 nitrogen and oxygen atoms in total. The van der Waals surface area contributed by atoms with E-state index >= 15 is 0 Å². The summed E-state index contributed by atoms with van der Waals surface area (Å²) in [7, 11) is 2.07. The molecule has 1 aromatic rings. The number of imidazole rings is 1. The van der Waals surface area contributed by atoms with Crippen molar-refractivity contribution < 1.29 is 4.57 Å². The molecular formula is C11H20N3+. The highest BCUT2D eigenvalue weighted by molar-refractivity contribution is 4.64. The molecule has 1 aliphatic rings. The molecule has 0 radical (unpaired) electrons. The van der Waals surface area contributed by atoms with Crippen molar-refractivity contribution in [3.05, 3.63) is 18.7 Å². The van der Waals surface area contributed by atoms with Crippen LogP contribution in [0, 0.1) is 0 Å². The predicted octanol–water partition coefficient (Wildman–Crippen LogP) is 0.798. The third-order valence-electron chi connectivity index (χ3n) is 2.95. The molecule has 1 aliphatic heterocycles. The summed E-state index contributed by atoms with van der Waals surface area (Å²) < 4.78 is 4.35. The molecule has 0 bridgehead atoms. The highest BCUT2D eigenvalue weighted by Gasteiger charge is 2.10. The van der Waals surface area contributed by atoms with Crippen molar-refractivity contribution in [3.63, 3.8) is 0 Å². The normalized spacial score (nSPS) is 18.6. The monoisotopic (exact) mass is 194 g/mol. The first-order chi connectivity index (χ1) is 6.84. The zero-order valence-electron chi connectivity index (χ0n) is 9.02. The van der Waals surface area contributed by atoms with Gasteiger partial charge < -0.3 is 0 Å². The fourth-order valence-corrected chi connectivity index (χ4v) is 2.07. The minimum atomic E-state index is 1.13. The van der Waals surface area contributed by atoms with Crippen LogP contribution in [0.5, 0.6) is 0 Å². The zero-order valence-corrected chi connectivity index (χ0v) is 9.02. The van der Waals surface area contributed by atoms with Gasteiger partial charge >= 0.3 is 0 Å². The first-order valence-corrected chi connectivity index (χ1v) is 5.58. The Hall–Kier alpha value is -0.830. The number of likely N-dealkylation sites (tertiary alicyclic amines) is 1. The number of rotatable bonds is 3. The second-order valence-electron chi connectivity index (χ2n) is 4.22. The van der Waals surface area contributed by atoms with Gasteiger partial charge in [0.1, 0.15) is 18.9 Å². The highest BCUT2D eigenvalue weighted by atomic mass is 15.2. The van der Waals surface area contributed by atoms with E-state index in [4.69, 9.17) is 0 Å². The van der Waals surface area contributed by atoms with Crippen LogP contribution in [0.4, 0.5) is 0 Å². The molecule has 1 fully saturated rings. The van der Waals surface area contributed by atoms with Gasteiger partial charge in [-0.2, -0.15) is 0 Å². The molecule has 3 heteroatoms. The van der Waals surface area contributed by atoms with Gasteiger partial charge in [0.05, 0.1) is 7.05 Å². The van der Waals surface area contributed by atoms with E-state index in [-0.39, 0.29) is 0 Å². The molecular weight excluding hydrogens is 174 g/mol. The van der Waals surface area contributed by atoms with Crippen LogP contribution >= 0.6 is 0 Å². The summed E-state index contributed by atoms with van der Waals surface area (Å²) in [5, 5.41) is 0. The van der Waals surface area contributed by atoms with Crippen LogP contribution in [0.1, 0.15) is 19.3 Å². The summed E-state index contributed by atoms with van der Waals surface area (Å²) in [5.74, 6) is 0. The summed E-state index contributed by atoms with van der Waals surface area (Å²) >= 11 is 0. The van der Waals surface area contributed by atoms with Gasteiger partial charge in [-0.1, -0.05) is 6.42 Å². The summed E-state index contributed by atoms with van der Waals surface area (Å²) in [5.41, 5.74) is 0. The van der Waals surface area contributed by atoms with Crippen LogP contribution in [0.15, 0.2) is 18.7 Å². The second kappa shape index (κ2) is 4.60. The molecule has 1 aromatic heterocycles. The molecule has 0 amide bonds. The molecule has 0 saturated carbocycles. The molecule has 1 saturated heterocycles. The third-order valence-corrected chi connectivity index (χ3v) is 2.95. The fourth-order valence-electron chi connectivity index (χ4n) is 2.07. The summed E-state index contributed by atoms with van der Waals surface area (Å²) in [6, 6.07) is 0. The Balaban J connectivity index is 1.76. The zero-order chi connectivity index (χ0) is 9.80. The number of hydrogen-bond acceptors (Lipinski definition) is 1. The van der Waals surface area contributed by atoms with Crippen molar-refractivity contribution in [2.45, 2.75) is 25.8 Å². The maximum Gasteiger partial charge on any atom is 0.243 e. The number of nitrogens with zero attached hydrogens (tertiary/aromatic N) is 3. The van der Waals surface area contributed by atoms with Crippen molar-refractivity contribution in [2.75, 3.05) is 19.6 Å². The number of hydrogen-bond donors (Lipinski definition) is 0. The number of piperidine rings is 1. The average molecular weight is 194 g/mol. The Morgan fingerprint density at radius 1 is 1.21 bits per heavy atom. The molecule has 0 N–H and O–H groups in total. The minimum Gasteiger partial charge on any atom is -0.299 e. The summed E-state index contributed by atoms with van der Waals surface area (Å²) in [4.78, 5) is 2.57. The van der Waals surface area contributed by atoms with Gasteiger partial charge in [0.15, 0.2) is 0 Å². The van der Waals surface area contributed by atoms with Crippen LogP contribution in [0.2, 0.25) is 0 Å². The van der Waals surface area contributed by atoms with Gasteiger partial charge in [-0.15, -0.1) is 0 Å². The molecule has 0 spiro atoms. The predicted molar refractivity (Wildman–Crippen MR) is 55.9 cm³/mol. The molecule has 2 rings (SSSR count). The van der Waals surface area contributed by atoms with Gasteiger partial charge in [-0.3, -0.25) is 4.90 Å². The largest absolute Gasteiger partial charge is 0.299 e. The van der Waals surface area contributed by atoms with Crippen molar-refractivity contribution in [3.8, 4) is 0 Å². The van der Waals surface area contributed by atoms with Crippen LogP contribution in [0.3, 0.4) is 0 Å². The lowest BCUT2D eigenvalue weighted by molar-refractivity contribution is -0.696. The van der Waals surface area contributed by atoms with Crippen LogP contribution < -0.4 is 4.57 Å². The maximum absolute atomic E-state index is 2.57. The molecule has 0 aromatic carbocycles. The second-order valence-corrected chi connectivity index (χ2v) is 4.22. The molecule has 14 heavy (non-hydrogen) atoms. The topological polar surface area (TPSA) is 12.0 Å². The van der Waals surface area contributed by atoms with Gasteiger partial charge in [0, 0.05) is 6.54 Å². The first kappa shape index (κ1) is 9.71. The Kier molecular flexibility index (Phi) is 3.19. The van der Waals surface area contributed by atoms with Crippen molar-refractivity contribution in [2.24, 2.45) is 7.05 Å². The van der Waals surface area contributed by atoms with E-state index < -0.39 is 0 Å². The first-order valence-electron chi connectivity index (χ1n) is 5.58. The van der Waals surface area contributed by atoms with Gasteiger partial charge in [-0.25, -0.2) is 9.13 Å². The Morgan fingerprint density at radius 2 is 2.00 bits per heavy atom. The van der Waals surface area contributed by atoms with E-state index in [2.05, 4.69) is 39.8 Å². The smallest absolute Gasteiger partial charge is 0.243 e. The lowest BCUT2D eigenvalue weighted by atomic mass is 10.1. The van der Waals surface area contributed by atoms with E-state index in [9.17, 15) is 0 Å². The third kappa shape index (κ3) is 2.58.